The van der Waals surface area contributed by atoms with Crippen molar-refractivity contribution in [2.75, 3.05) is 5.32 Å². The van der Waals surface area contributed by atoms with Crippen LogP contribution in [0.5, 0.6) is 0 Å². The van der Waals surface area contributed by atoms with Crippen LogP contribution in [-0.4, -0.2) is 16.1 Å². The van der Waals surface area contributed by atoms with E-state index in [1.54, 1.807) is 0 Å². The molecular weight excluding hydrogens is 250 g/mol. The smallest absolute Gasteiger partial charge is 0.276 e. The normalized spacial score (nSPS) is 14.6. The van der Waals surface area contributed by atoms with E-state index in [0.717, 1.165) is 16.9 Å². The Bertz CT molecular complexity index is 626. The molecule has 20 heavy (non-hydrogen) atoms. The van der Waals surface area contributed by atoms with Crippen molar-refractivity contribution in [3.63, 3.8) is 0 Å². The van der Waals surface area contributed by atoms with Gasteiger partial charge < -0.3 is 5.32 Å². The number of aromatic nitrogens is 2. The predicted octanol–water partition coefficient (Wildman–Crippen LogP) is 3.66. The summed E-state index contributed by atoms with van der Waals surface area (Å²) in [6, 6.07) is 9.76. The number of amides is 1. The number of rotatable bonds is 4. The molecule has 0 bridgehead atoms. The predicted molar refractivity (Wildman–Crippen MR) is 79.0 cm³/mol. The lowest BCUT2D eigenvalue weighted by Gasteiger charge is -2.12. The van der Waals surface area contributed by atoms with Crippen LogP contribution in [0.25, 0.3) is 0 Å². The Morgan fingerprint density at radius 3 is 2.80 bits per heavy atom. The second-order valence-electron chi connectivity index (χ2n) is 5.68. The van der Waals surface area contributed by atoms with E-state index < -0.39 is 0 Å². The monoisotopic (exact) mass is 269 g/mol. The molecule has 1 aromatic carbocycles. The minimum atomic E-state index is -0.152. The first kappa shape index (κ1) is 12.9. The summed E-state index contributed by atoms with van der Waals surface area (Å²) in [4.78, 5) is 12.3. The lowest BCUT2D eigenvalue weighted by molar-refractivity contribution is 0.102. The number of nitrogens with one attached hydrogen (secondary N) is 2. The molecule has 0 spiro atoms. The Balaban J connectivity index is 1.78. The topological polar surface area (TPSA) is 57.8 Å². The van der Waals surface area contributed by atoms with E-state index in [0.29, 0.717) is 17.5 Å². The SMILES string of the molecule is CC(C)c1ccccc1NC(=O)c1cc(C2CC2)[nH]n1. The fraction of sp³-hybridized carbons (Fsp3) is 0.375. The summed E-state index contributed by atoms with van der Waals surface area (Å²) in [5.74, 6) is 0.793. The quantitative estimate of drug-likeness (QED) is 0.889. The van der Waals surface area contributed by atoms with Crippen LogP contribution in [0.2, 0.25) is 0 Å². The molecule has 3 rings (SSSR count). The first-order chi connectivity index (χ1) is 9.65. The molecular formula is C16H19N3O. The van der Waals surface area contributed by atoms with Gasteiger partial charge in [-0.15, -0.1) is 0 Å². The van der Waals surface area contributed by atoms with E-state index >= 15 is 0 Å². The van der Waals surface area contributed by atoms with Crippen LogP contribution in [0.4, 0.5) is 5.69 Å². The van der Waals surface area contributed by atoms with E-state index in [1.807, 2.05) is 30.3 Å². The van der Waals surface area contributed by atoms with Gasteiger partial charge in [-0.1, -0.05) is 32.0 Å². The number of carbonyl (C=O) groups is 1. The fourth-order valence-electron chi connectivity index (χ4n) is 2.36. The third-order valence-electron chi connectivity index (χ3n) is 3.68. The fourth-order valence-corrected chi connectivity index (χ4v) is 2.36. The van der Waals surface area contributed by atoms with E-state index in [9.17, 15) is 4.79 Å². The number of hydrogen-bond donors (Lipinski definition) is 2. The summed E-state index contributed by atoms with van der Waals surface area (Å²) in [5, 5.41) is 10.0. The third kappa shape index (κ3) is 2.59. The summed E-state index contributed by atoms with van der Waals surface area (Å²) >= 11 is 0. The Morgan fingerprint density at radius 2 is 2.10 bits per heavy atom. The van der Waals surface area contributed by atoms with Crippen molar-refractivity contribution in [2.24, 2.45) is 0 Å². The van der Waals surface area contributed by atoms with Crippen LogP contribution in [0.15, 0.2) is 30.3 Å². The van der Waals surface area contributed by atoms with Crippen molar-refractivity contribution in [3.8, 4) is 0 Å². The van der Waals surface area contributed by atoms with Crippen molar-refractivity contribution in [2.45, 2.75) is 38.5 Å². The molecule has 1 aliphatic rings. The highest BCUT2D eigenvalue weighted by molar-refractivity contribution is 6.03. The van der Waals surface area contributed by atoms with E-state index in [4.69, 9.17) is 0 Å². The van der Waals surface area contributed by atoms with Crippen LogP contribution in [0.3, 0.4) is 0 Å². The number of hydrogen-bond acceptors (Lipinski definition) is 2. The highest BCUT2D eigenvalue weighted by Crippen LogP contribution is 2.39. The number of carbonyl (C=O) groups excluding carboxylic acids is 1. The molecule has 1 heterocycles. The van der Waals surface area contributed by atoms with Gasteiger partial charge >= 0.3 is 0 Å². The number of aromatic amines is 1. The average Bonchev–Trinajstić information content (AvgIpc) is 3.16. The minimum absolute atomic E-state index is 0.152. The van der Waals surface area contributed by atoms with E-state index in [2.05, 4.69) is 29.4 Å². The average molecular weight is 269 g/mol. The first-order valence-electron chi connectivity index (χ1n) is 7.10. The molecule has 2 N–H and O–H groups in total. The van der Waals surface area contributed by atoms with Gasteiger partial charge in [0.1, 0.15) is 0 Å². The molecule has 104 valence electrons. The van der Waals surface area contributed by atoms with Crippen molar-refractivity contribution >= 4 is 11.6 Å². The molecule has 1 aliphatic carbocycles. The highest BCUT2D eigenvalue weighted by Gasteiger charge is 2.26. The van der Waals surface area contributed by atoms with Crippen molar-refractivity contribution in [1.29, 1.82) is 0 Å². The van der Waals surface area contributed by atoms with Crippen LogP contribution >= 0.6 is 0 Å². The maximum atomic E-state index is 12.3. The van der Waals surface area contributed by atoms with Crippen LogP contribution in [0, 0.1) is 0 Å². The van der Waals surface area contributed by atoms with Crippen molar-refractivity contribution in [1.82, 2.24) is 10.2 Å². The largest absolute Gasteiger partial charge is 0.320 e. The Kier molecular flexibility index (Phi) is 3.30. The molecule has 1 fully saturated rings. The van der Waals surface area contributed by atoms with Gasteiger partial charge in [-0.25, -0.2) is 0 Å². The summed E-state index contributed by atoms with van der Waals surface area (Å²) in [7, 11) is 0. The molecule has 0 unspecified atom stereocenters. The zero-order valence-electron chi connectivity index (χ0n) is 11.8. The number of nitrogens with zero attached hydrogens (tertiary/aromatic N) is 1. The zero-order chi connectivity index (χ0) is 14.1. The van der Waals surface area contributed by atoms with Crippen LogP contribution in [0.1, 0.15) is 60.3 Å². The first-order valence-corrected chi connectivity index (χ1v) is 7.10. The maximum Gasteiger partial charge on any atom is 0.276 e. The van der Waals surface area contributed by atoms with Crippen molar-refractivity contribution in [3.05, 3.63) is 47.3 Å². The highest BCUT2D eigenvalue weighted by atomic mass is 16.1. The lowest BCUT2D eigenvalue weighted by atomic mass is 10.0. The van der Waals surface area contributed by atoms with Gasteiger partial charge in [0.25, 0.3) is 5.91 Å². The Labute approximate surface area is 118 Å². The maximum absolute atomic E-state index is 12.3. The molecule has 1 aromatic heterocycles. The van der Waals surface area contributed by atoms with Crippen LogP contribution in [-0.2, 0) is 0 Å². The lowest BCUT2D eigenvalue weighted by Crippen LogP contribution is -2.14. The standard InChI is InChI=1S/C16H19N3O/c1-10(2)12-5-3-4-6-13(12)17-16(20)15-9-14(18-19-15)11-7-8-11/h3-6,9-11H,7-8H2,1-2H3,(H,17,20)(H,18,19). The van der Waals surface area contributed by atoms with Gasteiger partial charge in [-0.2, -0.15) is 5.10 Å². The molecule has 0 atom stereocenters. The zero-order valence-corrected chi connectivity index (χ0v) is 11.8. The Morgan fingerprint density at radius 1 is 1.35 bits per heavy atom. The number of anilines is 1. The number of para-hydroxylation sites is 1. The van der Waals surface area contributed by atoms with Crippen molar-refractivity contribution < 1.29 is 4.79 Å². The molecule has 4 heteroatoms. The van der Waals surface area contributed by atoms with Crippen LogP contribution < -0.4 is 5.32 Å². The summed E-state index contributed by atoms with van der Waals surface area (Å²) in [6.45, 7) is 4.23. The molecule has 2 aromatic rings. The second kappa shape index (κ2) is 5.12. The number of H-pyrrole nitrogens is 1. The van der Waals surface area contributed by atoms with E-state index in [1.165, 1.54) is 12.8 Å². The van der Waals surface area contributed by atoms with E-state index in [-0.39, 0.29) is 5.91 Å². The van der Waals surface area contributed by atoms with Gasteiger partial charge in [-0.3, -0.25) is 9.89 Å². The Hall–Kier alpha value is -2.10. The number of benzene rings is 1. The van der Waals surface area contributed by atoms with Gasteiger partial charge in [-0.05, 0) is 36.5 Å². The minimum Gasteiger partial charge on any atom is -0.320 e. The van der Waals surface area contributed by atoms with Gasteiger partial charge in [0.15, 0.2) is 5.69 Å². The van der Waals surface area contributed by atoms with Gasteiger partial charge in [0.05, 0.1) is 0 Å². The summed E-state index contributed by atoms with van der Waals surface area (Å²) in [5.41, 5.74) is 3.54. The summed E-state index contributed by atoms with van der Waals surface area (Å²) < 4.78 is 0. The van der Waals surface area contributed by atoms with Gasteiger partial charge in [0, 0.05) is 17.3 Å². The molecule has 0 radical (unpaired) electrons. The molecule has 1 amide bonds. The molecule has 0 aliphatic heterocycles. The second-order valence-corrected chi connectivity index (χ2v) is 5.68. The molecule has 1 saturated carbocycles. The third-order valence-corrected chi connectivity index (χ3v) is 3.68. The summed E-state index contributed by atoms with van der Waals surface area (Å²) in [6.07, 6.45) is 2.39. The molecule has 0 saturated heterocycles. The molecule has 4 nitrogen and oxygen atoms in total. The van der Waals surface area contributed by atoms with Gasteiger partial charge in [0.2, 0.25) is 0 Å².